The fourth-order valence-electron chi connectivity index (χ4n) is 2.87. The number of benzene rings is 2. The predicted octanol–water partition coefficient (Wildman–Crippen LogP) is 4.42. The molecule has 2 heterocycles. The molecule has 0 amide bonds. The van der Waals surface area contributed by atoms with Crippen LogP contribution in [0.4, 0.5) is 11.5 Å². The maximum atomic E-state index is 12.1. The zero-order valence-corrected chi connectivity index (χ0v) is 15.9. The molecule has 2 aromatic heterocycles. The number of anilines is 2. The summed E-state index contributed by atoms with van der Waals surface area (Å²) in [4.78, 5) is 17.9. The van der Waals surface area contributed by atoms with Crippen LogP contribution in [0.25, 0.3) is 16.6 Å². The molecule has 4 rings (SSSR count). The lowest BCUT2D eigenvalue weighted by Gasteiger charge is -2.10. The van der Waals surface area contributed by atoms with E-state index in [2.05, 4.69) is 20.5 Å². The van der Waals surface area contributed by atoms with Gasteiger partial charge in [0.05, 0.1) is 24.0 Å². The Morgan fingerprint density at radius 3 is 2.61 bits per heavy atom. The van der Waals surface area contributed by atoms with Gasteiger partial charge in [0.15, 0.2) is 17.3 Å². The molecule has 8 heteroatoms. The third-order valence-corrected chi connectivity index (χ3v) is 4.46. The molecule has 0 fully saturated rings. The topological polar surface area (TPSA) is 81.9 Å². The second-order valence-corrected chi connectivity index (χ2v) is 6.50. The van der Waals surface area contributed by atoms with E-state index in [-0.39, 0.29) is 11.5 Å². The first kappa shape index (κ1) is 17.9. The second kappa shape index (κ2) is 7.28. The summed E-state index contributed by atoms with van der Waals surface area (Å²) >= 11 is 5.94. The molecule has 0 spiro atoms. The maximum Gasteiger partial charge on any atom is 0.184 e. The van der Waals surface area contributed by atoms with Gasteiger partial charge in [-0.3, -0.25) is 9.78 Å². The van der Waals surface area contributed by atoms with Crippen LogP contribution in [0.1, 0.15) is 17.4 Å². The molecule has 0 saturated carbocycles. The fraction of sp³-hybridized carbons (Fsp3) is 0.100. The van der Waals surface area contributed by atoms with Gasteiger partial charge in [-0.2, -0.15) is 0 Å². The lowest BCUT2D eigenvalue weighted by Crippen LogP contribution is -2.01. The molecule has 1 N–H and O–H groups in total. The minimum atomic E-state index is -0.200. The van der Waals surface area contributed by atoms with E-state index in [0.717, 1.165) is 5.39 Å². The average Bonchev–Trinajstić information content (AvgIpc) is 3.13. The number of halogens is 1. The van der Waals surface area contributed by atoms with E-state index in [1.807, 2.05) is 24.3 Å². The van der Waals surface area contributed by atoms with E-state index in [1.165, 1.54) is 11.7 Å². The van der Waals surface area contributed by atoms with Gasteiger partial charge in [0.2, 0.25) is 0 Å². The van der Waals surface area contributed by atoms with E-state index >= 15 is 0 Å². The summed E-state index contributed by atoms with van der Waals surface area (Å²) in [6.45, 7) is 1.45. The van der Waals surface area contributed by atoms with Crippen molar-refractivity contribution in [3.05, 3.63) is 65.4 Å². The number of carbonyl (C=O) groups is 1. The van der Waals surface area contributed by atoms with Gasteiger partial charge in [-0.25, -0.2) is 0 Å². The SMILES string of the molecule is COc1ccc(Nc2nn(-c3ccc(Cl)cc3)nc2C(C)=O)c2ncccc12. The number of Topliss-reactive ketones (excluding diaryl/α,β-unsaturated/α-hetero) is 1. The van der Waals surface area contributed by atoms with E-state index in [9.17, 15) is 4.79 Å². The highest BCUT2D eigenvalue weighted by Gasteiger charge is 2.18. The Morgan fingerprint density at radius 1 is 1.11 bits per heavy atom. The normalized spacial score (nSPS) is 10.8. The number of ether oxygens (including phenoxy) is 1. The van der Waals surface area contributed by atoms with Crippen molar-refractivity contribution < 1.29 is 9.53 Å². The molecule has 0 unspecified atom stereocenters. The highest BCUT2D eigenvalue weighted by molar-refractivity contribution is 6.30. The Bertz CT molecular complexity index is 1170. The van der Waals surface area contributed by atoms with Gasteiger partial charge < -0.3 is 10.1 Å². The zero-order chi connectivity index (χ0) is 19.7. The summed E-state index contributed by atoms with van der Waals surface area (Å²) in [6.07, 6.45) is 1.70. The number of nitrogens with zero attached hydrogens (tertiary/aromatic N) is 4. The minimum absolute atomic E-state index is 0.200. The molecule has 0 aliphatic carbocycles. The van der Waals surface area contributed by atoms with Gasteiger partial charge in [-0.05, 0) is 48.5 Å². The minimum Gasteiger partial charge on any atom is -0.496 e. The number of ketones is 1. The van der Waals surface area contributed by atoms with Crippen molar-refractivity contribution in [3.63, 3.8) is 0 Å². The van der Waals surface area contributed by atoms with E-state index in [0.29, 0.717) is 33.5 Å². The molecule has 28 heavy (non-hydrogen) atoms. The van der Waals surface area contributed by atoms with Crippen molar-refractivity contribution in [1.82, 2.24) is 20.0 Å². The van der Waals surface area contributed by atoms with Crippen molar-refractivity contribution in [1.29, 1.82) is 0 Å². The molecular formula is C20H16ClN5O2. The Balaban J connectivity index is 1.79. The number of hydrogen-bond acceptors (Lipinski definition) is 6. The molecular weight excluding hydrogens is 378 g/mol. The number of methoxy groups -OCH3 is 1. The molecule has 0 aliphatic heterocycles. The molecule has 0 bridgehead atoms. The Hall–Kier alpha value is -3.45. The smallest absolute Gasteiger partial charge is 0.184 e. The first-order valence-electron chi connectivity index (χ1n) is 8.50. The highest BCUT2D eigenvalue weighted by atomic mass is 35.5. The van der Waals surface area contributed by atoms with Gasteiger partial charge in [0.25, 0.3) is 0 Å². The van der Waals surface area contributed by atoms with Crippen LogP contribution < -0.4 is 10.1 Å². The molecule has 0 radical (unpaired) electrons. The standard InChI is InChI=1S/C20H16ClN5O2/c1-12(27)18-20(25-26(24-18)14-7-5-13(21)6-8-14)23-16-9-10-17(28-2)15-4-3-11-22-19(15)16/h3-11H,1-2H3,(H,23,25). The van der Waals surface area contributed by atoms with E-state index in [1.54, 1.807) is 37.6 Å². The van der Waals surface area contributed by atoms with Crippen molar-refractivity contribution in [3.8, 4) is 11.4 Å². The second-order valence-electron chi connectivity index (χ2n) is 6.06. The number of nitrogens with one attached hydrogen (secondary N) is 1. The average molecular weight is 394 g/mol. The van der Waals surface area contributed by atoms with Crippen LogP contribution in [0, 0.1) is 0 Å². The Morgan fingerprint density at radius 2 is 1.89 bits per heavy atom. The highest BCUT2D eigenvalue weighted by Crippen LogP contribution is 2.32. The van der Waals surface area contributed by atoms with Gasteiger partial charge in [0.1, 0.15) is 5.75 Å². The Labute approximate surface area is 165 Å². The van der Waals surface area contributed by atoms with E-state index in [4.69, 9.17) is 16.3 Å². The third kappa shape index (κ3) is 3.27. The van der Waals surface area contributed by atoms with Crippen LogP contribution >= 0.6 is 11.6 Å². The molecule has 4 aromatic rings. The fourth-order valence-corrected chi connectivity index (χ4v) is 3.00. The summed E-state index contributed by atoms with van der Waals surface area (Å²) in [5.41, 5.74) is 2.33. The molecule has 0 saturated heterocycles. The summed E-state index contributed by atoms with van der Waals surface area (Å²) in [5, 5.41) is 13.4. The summed E-state index contributed by atoms with van der Waals surface area (Å²) in [6, 6.07) is 14.5. The summed E-state index contributed by atoms with van der Waals surface area (Å²) < 4.78 is 5.40. The number of pyridine rings is 1. The molecule has 0 atom stereocenters. The van der Waals surface area contributed by atoms with Gasteiger partial charge >= 0.3 is 0 Å². The first-order chi connectivity index (χ1) is 13.6. The summed E-state index contributed by atoms with van der Waals surface area (Å²) in [5.74, 6) is 0.860. The van der Waals surface area contributed by atoms with Crippen LogP contribution in [-0.2, 0) is 0 Å². The van der Waals surface area contributed by atoms with Crippen molar-refractivity contribution in [2.24, 2.45) is 0 Å². The van der Waals surface area contributed by atoms with Gasteiger partial charge in [-0.15, -0.1) is 15.0 Å². The van der Waals surface area contributed by atoms with Gasteiger partial charge in [-0.1, -0.05) is 11.6 Å². The predicted molar refractivity (Wildman–Crippen MR) is 108 cm³/mol. The van der Waals surface area contributed by atoms with Crippen LogP contribution in [-0.4, -0.2) is 32.9 Å². The number of aromatic nitrogens is 4. The number of fused-ring (bicyclic) bond motifs is 1. The number of carbonyl (C=O) groups excluding carboxylic acids is 1. The number of rotatable bonds is 5. The monoisotopic (exact) mass is 393 g/mol. The maximum absolute atomic E-state index is 12.1. The van der Waals surface area contributed by atoms with Crippen LogP contribution in [0.2, 0.25) is 5.02 Å². The first-order valence-corrected chi connectivity index (χ1v) is 8.87. The molecule has 140 valence electrons. The van der Waals surface area contributed by atoms with Crippen molar-refractivity contribution >= 4 is 39.8 Å². The van der Waals surface area contributed by atoms with Crippen LogP contribution in [0.5, 0.6) is 5.75 Å². The lowest BCUT2D eigenvalue weighted by molar-refractivity contribution is 0.101. The van der Waals surface area contributed by atoms with Crippen molar-refractivity contribution in [2.75, 3.05) is 12.4 Å². The van der Waals surface area contributed by atoms with Gasteiger partial charge in [0, 0.05) is 23.5 Å². The molecule has 2 aromatic carbocycles. The quantitative estimate of drug-likeness (QED) is 0.505. The largest absolute Gasteiger partial charge is 0.496 e. The number of hydrogen-bond donors (Lipinski definition) is 1. The van der Waals surface area contributed by atoms with Crippen molar-refractivity contribution in [2.45, 2.75) is 6.92 Å². The molecule has 7 nitrogen and oxygen atoms in total. The van der Waals surface area contributed by atoms with Crippen LogP contribution in [0.15, 0.2) is 54.7 Å². The Kier molecular flexibility index (Phi) is 4.67. The molecule has 0 aliphatic rings. The van der Waals surface area contributed by atoms with Crippen LogP contribution in [0.3, 0.4) is 0 Å². The van der Waals surface area contributed by atoms with E-state index < -0.39 is 0 Å². The summed E-state index contributed by atoms with van der Waals surface area (Å²) in [7, 11) is 1.61. The third-order valence-electron chi connectivity index (χ3n) is 4.21. The zero-order valence-electron chi connectivity index (χ0n) is 15.2. The lowest BCUT2D eigenvalue weighted by atomic mass is 10.1.